The second-order valence-corrected chi connectivity index (χ2v) is 5.51. The Labute approximate surface area is 127 Å². The highest BCUT2D eigenvalue weighted by atomic mass is 15.2. The molecule has 0 radical (unpaired) electrons. The van der Waals surface area contributed by atoms with E-state index in [2.05, 4.69) is 60.7 Å². The number of nitrogens with two attached hydrogens (primary N) is 1. The van der Waals surface area contributed by atoms with Gasteiger partial charge in [0.1, 0.15) is 0 Å². The van der Waals surface area contributed by atoms with Gasteiger partial charge in [-0.3, -0.25) is 16.3 Å². The van der Waals surface area contributed by atoms with Gasteiger partial charge in [-0.1, -0.05) is 50.2 Å². The molecule has 21 heavy (non-hydrogen) atoms. The molecule has 0 bridgehead atoms. The fraction of sp³-hybridized carbons (Fsp3) is 0.389. The van der Waals surface area contributed by atoms with E-state index in [9.17, 15) is 0 Å². The van der Waals surface area contributed by atoms with Gasteiger partial charge in [0.05, 0.1) is 0 Å². The summed E-state index contributed by atoms with van der Waals surface area (Å²) in [5, 5.41) is 0. The van der Waals surface area contributed by atoms with Crippen LogP contribution in [0.4, 0.5) is 0 Å². The molecule has 1 unspecified atom stereocenters. The number of nitrogens with zero attached hydrogens (tertiary/aromatic N) is 1. The Morgan fingerprint density at radius 3 is 2.33 bits per heavy atom. The molecule has 0 amide bonds. The highest BCUT2D eigenvalue weighted by molar-refractivity contribution is 5.29. The summed E-state index contributed by atoms with van der Waals surface area (Å²) >= 11 is 0. The molecule has 0 spiro atoms. The van der Waals surface area contributed by atoms with Crippen molar-refractivity contribution >= 4 is 0 Å². The number of rotatable bonds is 7. The molecule has 1 heterocycles. The highest BCUT2D eigenvalue weighted by Crippen LogP contribution is 2.36. The Kier molecular flexibility index (Phi) is 5.48. The van der Waals surface area contributed by atoms with Crippen molar-refractivity contribution in [1.29, 1.82) is 0 Å². The van der Waals surface area contributed by atoms with Crippen LogP contribution in [0.2, 0.25) is 0 Å². The fourth-order valence-electron chi connectivity index (χ4n) is 3.29. The molecule has 0 fully saturated rings. The van der Waals surface area contributed by atoms with Crippen molar-refractivity contribution in [2.75, 3.05) is 0 Å². The predicted octanol–water partition coefficient (Wildman–Crippen LogP) is 3.21. The third-order valence-electron chi connectivity index (χ3n) is 4.64. The average molecular weight is 283 g/mol. The number of benzene rings is 1. The minimum Gasteiger partial charge on any atom is -0.271 e. The van der Waals surface area contributed by atoms with E-state index in [1.165, 1.54) is 11.1 Å². The van der Waals surface area contributed by atoms with Gasteiger partial charge in [-0.15, -0.1) is 0 Å². The van der Waals surface area contributed by atoms with Crippen molar-refractivity contribution in [3.8, 4) is 0 Å². The SMILES string of the molecule is CCC(CC)(c1ccccc1)C(Cc1cccnc1)NN. The van der Waals surface area contributed by atoms with Crippen molar-refractivity contribution in [2.24, 2.45) is 5.84 Å². The summed E-state index contributed by atoms with van der Waals surface area (Å²) in [6, 6.07) is 15.0. The molecule has 3 heteroatoms. The van der Waals surface area contributed by atoms with Gasteiger partial charge < -0.3 is 0 Å². The Bertz CT molecular complexity index is 521. The molecule has 0 aliphatic heterocycles. The van der Waals surface area contributed by atoms with Gasteiger partial charge in [0, 0.05) is 23.9 Å². The smallest absolute Gasteiger partial charge is 0.0348 e. The first-order valence-electron chi connectivity index (χ1n) is 7.67. The van der Waals surface area contributed by atoms with Gasteiger partial charge in [-0.2, -0.15) is 0 Å². The molecule has 1 aromatic carbocycles. The average Bonchev–Trinajstić information content (AvgIpc) is 2.57. The largest absolute Gasteiger partial charge is 0.271 e. The van der Waals surface area contributed by atoms with Gasteiger partial charge in [0.15, 0.2) is 0 Å². The summed E-state index contributed by atoms with van der Waals surface area (Å²) in [4.78, 5) is 4.21. The van der Waals surface area contributed by atoms with E-state index >= 15 is 0 Å². The van der Waals surface area contributed by atoms with Gasteiger partial charge in [0.25, 0.3) is 0 Å². The number of hydrogen-bond donors (Lipinski definition) is 2. The summed E-state index contributed by atoms with van der Waals surface area (Å²) in [5.74, 6) is 5.92. The first kappa shape index (κ1) is 15.7. The van der Waals surface area contributed by atoms with Crippen LogP contribution in [-0.4, -0.2) is 11.0 Å². The van der Waals surface area contributed by atoms with Crippen LogP contribution in [0.5, 0.6) is 0 Å². The fourth-order valence-corrected chi connectivity index (χ4v) is 3.29. The lowest BCUT2D eigenvalue weighted by atomic mass is 9.69. The van der Waals surface area contributed by atoms with Crippen molar-refractivity contribution in [3.05, 3.63) is 66.0 Å². The minimum absolute atomic E-state index is 0.0336. The number of hydrogen-bond acceptors (Lipinski definition) is 3. The number of nitrogens with one attached hydrogen (secondary N) is 1. The summed E-state index contributed by atoms with van der Waals surface area (Å²) in [7, 11) is 0. The third-order valence-corrected chi connectivity index (χ3v) is 4.64. The van der Waals surface area contributed by atoms with E-state index in [1.54, 1.807) is 6.20 Å². The van der Waals surface area contributed by atoms with Gasteiger partial charge >= 0.3 is 0 Å². The van der Waals surface area contributed by atoms with Crippen molar-refractivity contribution < 1.29 is 0 Å². The van der Waals surface area contributed by atoms with E-state index in [1.807, 2.05) is 12.3 Å². The summed E-state index contributed by atoms with van der Waals surface area (Å²) in [5.41, 5.74) is 5.66. The molecule has 0 aliphatic rings. The van der Waals surface area contributed by atoms with Crippen molar-refractivity contribution in [3.63, 3.8) is 0 Å². The second-order valence-electron chi connectivity index (χ2n) is 5.51. The maximum atomic E-state index is 5.92. The summed E-state index contributed by atoms with van der Waals surface area (Å²) in [6.45, 7) is 4.48. The standard InChI is InChI=1S/C18H25N3/c1-3-18(4-2,16-10-6-5-7-11-16)17(21-19)13-15-9-8-12-20-14-15/h5-12,14,17,21H,3-4,13,19H2,1-2H3. The quantitative estimate of drug-likeness (QED) is 0.606. The van der Waals surface area contributed by atoms with Crippen LogP contribution in [0.1, 0.15) is 37.8 Å². The van der Waals surface area contributed by atoms with Crippen LogP contribution >= 0.6 is 0 Å². The Morgan fingerprint density at radius 1 is 1.10 bits per heavy atom. The lowest BCUT2D eigenvalue weighted by Crippen LogP contribution is -2.52. The van der Waals surface area contributed by atoms with Crippen LogP contribution in [0, 0.1) is 0 Å². The zero-order valence-corrected chi connectivity index (χ0v) is 12.9. The first-order chi connectivity index (χ1) is 10.3. The zero-order valence-electron chi connectivity index (χ0n) is 12.9. The molecule has 2 aromatic rings. The Balaban J connectivity index is 2.35. The Morgan fingerprint density at radius 2 is 1.81 bits per heavy atom. The van der Waals surface area contributed by atoms with Crippen LogP contribution < -0.4 is 11.3 Å². The van der Waals surface area contributed by atoms with Gasteiger partial charge in [-0.25, -0.2) is 0 Å². The molecule has 2 rings (SSSR count). The summed E-state index contributed by atoms with van der Waals surface area (Å²) in [6.07, 6.45) is 6.69. The molecule has 0 saturated carbocycles. The molecule has 1 atom stereocenters. The van der Waals surface area contributed by atoms with E-state index < -0.39 is 0 Å². The first-order valence-corrected chi connectivity index (χ1v) is 7.67. The van der Waals surface area contributed by atoms with Crippen LogP contribution in [-0.2, 0) is 11.8 Å². The van der Waals surface area contributed by atoms with Crippen LogP contribution in [0.3, 0.4) is 0 Å². The molecular weight excluding hydrogens is 258 g/mol. The minimum atomic E-state index is 0.0336. The second kappa shape index (κ2) is 7.34. The van der Waals surface area contributed by atoms with E-state index in [4.69, 9.17) is 5.84 Å². The molecule has 1 aromatic heterocycles. The topological polar surface area (TPSA) is 50.9 Å². The van der Waals surface area contributed by atoms with Crippen LogP contribution in [0.25, 0.3) is 0 Å². The zero-order chi connectivity index (χ0) is 15.1. The van der Waals surface area contributed by atoms with E-state index in [-0.39, 0.29) is 11.5 Å². The lowest BCUT2D eigenvalue weighted by Gasteiger charge is -2.40. The maximum Gasteiger partial charge on any atom is 0.0348 e. The number of hydrazine groups is 1. The Hall–Kier alpha value is -1.71. The molecule has 0 aliphatic carbocycles. The maximum absolute atomic E-state index is 5.92. The van der Waals surface area contributed by atoms with Gasteiger partial charge in [0.2, 0.25) is 0 Å². The van der Waals surface area contributed by atoms with Crippen LogP contribution in [0.15, 0.2) is 54.9 Å². The number of aromatic nitrogens is 1. The molecular formula is C18H25N3. The monoisotopic (exact) mass is 283 g/mol. The number of pyridine rings is 1. The van der Waals surface area contributed by atoms with E-state index in [0.717, 1.165) is 19.3 Å². The van der Waals surface area contributed by atoms with Crippen molar-refractivity contribution in [2.45, 2.75) is 44.6 Å². The molecule has 3 N–H and O–H groups in total. The predicted molar refractivity (Wildman–Crippen MR) is 87.8 cm³/mol. The highest BCUT2D eigenvalue weighted by Gasteiger charge is 2.36. The normalized spacial score (nSPS) is 13.1. The van der Waals surface area contributed by atoms with Gasteiger partial charge in [-0.05, 0) is 36.5 Å². The van der Waals surface area contributed by atoms with Crippen molar-refractivity contribution in [1.82, 2.24) is 10.4 Å². The van der Waals surface area contributed by atoms with E-state index in [0.29, 0.717) is 0 Å². The molecule has 0 saturated heterocycles. The third kappa shape index (κ3) is 3.31. The summed E-state index contributed by atoms with van der Waals surface area (Å²) < 4.78 is 0. The molecule has 112 valence electrons. The lowest BCUT2D eigenvalue weighted by molar-refractivity contribution is 0.270. The molecule has 3 nitrogen and oxygen atoms in total.